The fourth-order valence-corrected chi connectivity index (χ4v) is 3.35. The zero-order chi connectivity index (χ0) is 18.5. The molecule has 5 nitrogen and oxygen atoms in total. The third-order valence-corrected chi connectivity index (χ3v) is 4.54. The summed E-state index contributed by atoms with van der Waals surface area (Å²) in [6.07, 6.45) is 4.20. The molecule has 1 atom stereocenters. The van der Waals surface area contributed by atoms with Crippen LogP contribution in [0.3, 0.4) is 0 Å². The Morgan fingerprint density at radius 1 is 1.31 bits per heavy atom. The normalized spacial score (nSPS) is 15.9. The number of pyridine rings is 1. The molecule has 2 aromatic rings. The summed E-state index contributed by atoms with van der Waals surface area (Å²) in [4.78, 5) is 19.2. The van der Waals surface area contributed by atoms with Crippen LogP contribution in [0.2, 0.25) is 0 Å². The van der Waals surface area contributed by atoms with Crippen molar-refractivity contribution in [3.8, 4) is 11.5 Å². The second-order valence-corrected chi connectivity index (χ2v) is 7.13. The molecule has 0 aliphatic carbocycles. The van der Waals surface area contributed by atoms with E-state index in [1.807, 2.05) is 35.2 Å². The number of hydrogen-bond donors (Lipinski definition) is 0. The molecule has 0 saturated heterocycles. The Bertz CT molecular complexity index is 746. The van der Waals surface area contributed by atoms with Gasteiger partial charge in [0.1, 0.15) is 6.61 Å². The number of rotatable bonds is 6. The summed E-state index contributed by atoms with van der Waals surface area (Å²) in [6.45, 7) is 5.97. The van der Waals surface area contributed by atoms with Crippen molar-refractivity contribution in [2.45, 2.75) is 26.8 Å². The Morgan fingerprint density at radius 3 is 2.77 bits per heavy atom. The van der Waals surface area contributed by atoms with Crippen LogP contribution in [0.1, 0.15) is 25.0 Å². The maximum absolute atomic E-state index is 13.2. The minimum Gasteiger partial charge on any atom is -0.493 e. The minimum absolute atomic E-state index is 0.143. The summed E-state index contributed by atoms with van der Waals surface area (Å²) in [7, 11) is 1.63. The smallest absolute Gasteiger partial charge is 0.229 e. The first-order valence-electron chi connectivity index (χ1n) is 9.05. The molecule has 1 aromatic carbocycles. The predicted octanol–water partition coefficient (Wildman–Crippen LogP) is 3.33. The molecular formula is C21H26N2O3. The van der Waals surface area contributed by atoms with Gasteiger partial charge in [-0.3, -0.25) is 9.78 Å². The molecular weight excluding hydrogens is 328 g/mol. The number of ether oxygens (including phenoxy) is 2. The van der Waals surface area contributed by atoms with E-state index in [-0.39, 0.29) is 11.8 Å². The summed E-state index contributed by atoms with van der Waals surface area (Å²) in [6, 6.07) is 9.75. The lowest BCUT2D eigenvalue weighted by Gasteiger charge is -2.32. The number of carbonyl (C=O) groups is 1. The molecule has 3 rings (SSSR count). The minimum atomic E-state index is -0.171. The Morgan fingerprint density at radius 2 is 2.08 bits per heavy atom. The molecule has 1 aliphatic rings. The third-order valence-electron chi connectivity index (χ3n) is 4.54. The second kappa shape index (κ2) is 8.21. The molecule has 0 fully saturated rings. The molecule has 0 bridgehead atoms. The van der Waals surface area contributed by atoms with E-state index in [4.69, 9.17) is 9.47 Å². The van der Waals surface area contributed by atoms with Crippen molar-refractivity contribution in [2.24, 2.45) is 11.8 Å². The Hall–Kier alpha value is -2.56. The molecule has 1 amide bonds. The van der Waals surface area contributed by atoms with Gasteiger partial charge in [0.25, 0.3) is 0 Å². The molecule has 0 N–H and O–H groups in total. The summed E-state index contributed by atoms with van der Waals surface area (Å²) in [5.74, 6) is 1.87. The van der Waals surface area contributed by atoms with E-state index in [0.29, 0.717) is 25.5 Å². The van der Waals surface area contributed by atoms with E-state index in [9.17, 15) is 4.79 Å². The van der Waals surface area contributed by atoms with Gasteiger partial charge < -0.3 is 14.4 Å². The molecule has 0 spiro atoms. The van der Waals surface area contributed by atoms with Crippen LogP contribution in [0.4, 0.5) is 0 Å². The Kier molecular flexibility index (Phi) is 5.76. The lowest BCUT2D eigenvalue weighted by Crippen LogP contribution is -2.42. The molecule has 1 unspecified atom stereocenters. The second-order valence-electron chi connectivity index (χ2n) is 7.13. The van der Waals surface area contributed by atoms with E-state index in [0.717, 1.165) is 29.2 Å². The number of nitrogens with zero attached hydrogens (tertiary/aromatic N) is 2. The lowest BCUT2D eigenvalue weighted by molar-refractivity contribution is -0.138. The van der Waals surface area contributed by atoms with Crippen molar-refractivity contribution in [3.63, 3.8) is 0 Å². The third kappa shape index (κ3) is 4.15. The van der Waals surface area contributed by atoms with Gasteiger partial charge in [-0.05, 0) is 41.7 Å². The molecule has 2 heterocycles. The average Bonchev–Trinajstić information content (AvgIpc) is 2.66. The summed E-state index contributed by atoms with van der Waals surface area (Å²) in [5.41, 5.74) is 2.12. The molecule has 0 saturated carbocycles. The van der Waals surface area contributed by atoms with Crippen LogP contribution in [0.25, 0.3) is 0 Å². The highest BCUT2D eigenvalue weighted by Gasteiger charge is 2.31. The lowest BCUT2D eigenvalue weighted by atomic mass is 9.94. The molecule has 138 valence electrons. The van der Waals surface area contributed by atoms with Crippen LogP contribution in [0.5, 0.6) is 11.5 Å². The highest BCUT2D eigenvalue weighted by atomic mass is 16.5. The van der Waals surface area contributed by atoms with Gasteiger partial charge in [0.15, 0.2) is 11.5 Å². The van der Waals surface area contributed by atoms with Crippen molar-refractivity contribution in [1.29, 1.82) is 0 Å². The number of aromatic nitrogens is 1. The molecule has 26 heavy (non-hydrogen) atoms. The van der Waals surface area contributed by atoms with Crippen LogP contribution in [-0.2, 0) is 17.8 Å². The van der Waals surface area contributed by atoms with Crippen molar-refractivity contribution in [2.75, 3.05) is 20.3 Å². The van der Waals surface area contributed by atoms with Gasteiger partial charge in [-0.2, -0.15) is 0 Å². The van der Waals surface area contributed by atoms with Crippen LogP contribution in [-0.4, -0.2) is 36.1 Å². The topological polar surface area (TPSA) is 51.7 Å². The summed E-state index contributed by atoms with van der Waals surface area (Å²) in [5, 5.41) is 0. The van der Waals surface area contributed by atoms with E-state index in [1.165, 1.54) is 0 Å². The van der Waals surface area contributed by atoms with Gasteiger partial charge in [0, 0.05) is 25.5 Å². The van der Waals surface area contributed by atoms with E-state index in [1.54, 1.807) is 19.5 Å². The van der Waals surface area contributed by atoms with E-state index >= 15 is 0 Å². The maximum atomic E-state index is 13.2. The monoisotopic (exact) mass is 354 g/mol. The Labute approximate surface area is 155 Å². The van der Waals surface area contributed by atoms with E-state index < -0.39 is 0 Å². The number of benzene rings is 1. The van der Waals surface area contributed by atoms with Crippen LogP contribution < -0.4 is 9.47 Å². The van der Waals surface area contributed by atoms with Crippen molar-refractivity contribution < 1.29 is 14.3 Å². The highest BCUT2D eigenvalue weighted by molar-refractivity contribution is 5.80. The average molecular weight is 354 g/mol. The number of carbonyl (C=O) groups excluding carboxylic acids is 1. The standard InChI is InChI=1S/C21H26N2O3/c1-15(2)12-23(13-16-7-9-22-10-8-16)21(24)18-11-17-5-4-6-19(25-3)20(17)26-14-18/h4-10,15,18H,11-14H2,1-3H3. The number of para-hydroxylation sites is 1. The van der Waals surface area contributed by atoms with Crippen LogP contribution >= 0.6 is 0 Å². The van der Waals surface area contributed by atoms with E-state index in [2.05, 4.69) is 18.8 Å². The Balaban J connectivity index is 1.76. The quantitative estimate of drug-likeness (QED) is 0.798. The van der Waals surface area contributed by atoms with Gasteiger partial charge in [-0.15, -0.1) is 0 Å². The summed E-state index contributed by atoms with van der Waals surface area (Å²) >= 11 is 0. The van der Waals surface area contributed by atoms with Crippen LogP contribution in [0, 0.1) is 11.8 Å². The molecule has 0 radical (unpaired) electrons. The largest absolute Gasteiger partial charge is 0.493 e. The molecule has 1 aromatic heterocycles. The first kappa shape index (κ1) is 18.2. The SMILES string of the molecule is COc1cccc2c1OCC(C(=O)N(Cc1ccncc1)CC(C)C)C2. The molecule has 5 heteroatoms. The number of amides is 1. The van der Waals surface area contributed by atoms with Crippen molar-refractivity contribution >= 4 is 5.91 Å². The fraction of sp³-hybridized carbons (Fsp3) is 0.429. The molecule has 1 aliphatic heterocycles. The van der Waals surface area contributed by atoms with Gasteiger partial charge in [0.2, 0.25) is 5.91 Å². The zero-order valence-electron chi connectivity index (χ0n) is 15.6. The van der Waals surface area contributed by atoms with Gasteiger partial charge >= 0.3 is 0 Å². The number of hydrogen-bond acceptors (Lipinski definition) is 4. The van der Waals surface area contributed by atoms with Crippen LogP contribution in [0.15, 0.2) is 42.7 Å². The first-order valence-corrected chi connectivity index (χ1v) is 9.05. The van der Waals surface area contributed by atoms with Gasteiger partial charge in [-0.25, -0.2) is 0 Å². The fourth-order valence-electron chi connectivity index (χ4n) is 3.35. The predicted molar refractivity (Wildman–Crippen MR) is 100 cm³/mol. The van der Waals surface area contributed by atoms with Crippen molar-refractivity contribution in [1.82, 2.24) is 9.88 Å². The highest BCUT2D eigenvalue weighted by Crippen LogP contribution is 2.36. The number of methoxy groups -OCH3 is 1. The van der Waals surface area contributed by atoms with Gasteiger partial charge in [0.05, 0.1) is 13.0 Å². The zero-order valence-corrected chi connectivity index (χ0v) is 15.6. The van der Waals surface area contributed by atoms with Gasteiger partial charge in [-0.1, -0.05) is 26.0 Å². The summed E-state index contributed by atoms with van der Waals surface area (Å²) < 4.78 is 11.3. The number of fused-ring (bicyclic) bond motifs is 1. The maximum Gasteiger partial charge on any atom is 0.229 e. The van der Waals surface area contributed by atoms with Crippen molar-refractivity contribution in [3.05, 3.63) is 53.9 Å². The first-order chi connectivity index (χ1) is 12.6.